The van der Waals surface area contributed by atoms with Gasteiger partial charge in [0.05, 0.1) is 17.3 Å². The zero-order chi connectivity index (χ0) is 20.2. The number of rotatable bonds is 0. The van der Waals surface area contributed by atoms with Crippen molar-refractivity contribution in [3.8, 4) is 0 Å². The lowest BCUT2D eigenvalue weighted by Gasteiger charge is -2.62. The number of anilines is 1. The summed E-state index contributed by atoms with van der Waals surface area (Å²) in [6.45, 7) is 16.9. The lowest BCUT2D eigenvalue weighted by molar-refractivity contribution is 0.0608. The third kappa shape index (κ3) is 1.63. The summed E-state index contributed by atoms with van der Waals surface area (Å²) in [5.41, 5.74) is 8.17. The fourth-order valence-electron chi connectivity index (χ4n) is 6.37. The van der Waals surface area contributed by atoms with Crippen molar-refractivity contribution in [1.29, 1.82) is 0 Å². The monoisotopic (exact) mass is 373 g/mol. The van der Waals surface area contributed by atoms with Crippen molar-refractivity contribution in [2.75, 3.05) is 4.90 Å². The molecule has 28 heavy (non-hydrogen) atoms. The van der Waals surface area contributed by atoms with Gasteiger partial charge in [0.15, 0.2) is 0 Å². The first kappa shape index (κ1) is 17.8. The van der Waals surface area contributed by atoms with Gasteiger partial charge in [0, 0.05) is 35.3 Å². The maximum Gasteiger partial charge on any atom is 0.140 e. The molecule has 2 aliphatic rings. The maximum absolute atomic E-state index is 4.74. The molecule has 2 aliphatic heterocycles. The van der Waals surface area contributed by atoms with Crippen molar-refractivity contribution in [1.82, 2.24) is 9.55 Å². The van der Waals surface area contributed by atoms with E-state index in [-0.39, 0.29) is 16.4 Å². The van der Waals surface area contributed by atoms with Gasteiger partial charge in [-0.05, 0) is 49.4 Å². The minimum atomic E-state index is -0.125. The molecule has 5 rings (SSSR count). The SMILES string of the molecule is Cc1cccc2c1N1[C@@H](C)c3c(n(C)c4ncccc34)C1(C)C(C)(C)C2(C)C. The second kappa shape index (κ2) is 5.00. The van der Waals surface area contributed by atoms with E-state index in [1.807, 2.05) is 6.20 Å². The van der Waals surface area contributed by atoms with E-state index in [0.29, 0.717) is 6.04 Å². The van der Waals surface area contributed by atoms with Gasteiger partial charge >= 0.3 is 0 Å². The highest BCUT2D eigenvalue weighted by Crippen LogP contribution is 2.68. The van der Waals surface area contributed by atoms with E-state index in [0.717, 1.165) is 5.65 Å². The van der Waals surface area contributed by atoms with Crippen molar-refractivity contribution in [2.24, 2.45) is 12.5 Å². The Labute approximate surface area is 168 Å². The zero-order valence-electron chi connectivity index (χ0n) is 18.4. The van der Waals surface area contributed by atoms with Crippen LogP contribution in [0.2, 0.25) is 0 Å². The number of para-hydroxylation sites is 1. The van der Waals surface area contributed by atoms with E-state index in [9.17, 15) is 0 Å². The van der Waals surface area contributed by atoms with Crippen LogP contribution in [0.3, 0.4) is 0 Å². The molecule has 2 aromatic heterocycles. The van der Waals surface area contributed by atoms with Crippen molar-refractivity contribution < 1.29 is 0 Å². The molecule has 1 unspecified atom stereocenters. The number of hydrogen-bond donors (Lipinski definition) is 0. The van der Waals surface area contributed by atoms with E-state index >= 15 is 0 Å². The Balaban J connectivity index is 1.97. The molecule has 0 aliphatic carbocycles. The van der Waals surface area contributed by atoms with Crippen molar-refractivity contribution in [2.45, 2.75) is 65.5 Å². The summed E-state index contributed by atoms with van der Waals surface area (Å²) in [6, 6.07) is 11.5. The van der Waals surface area contributed by atoms with Crippen LogP contribution >= 0.6 is 0 Å². The van der Waals surface area contributed by atoms with Gasteiger partial charge in [-0.3, -0.25) is 0 Å². The average Bonchev–Trinajstić information content (AvgIpc) is 3.07. The van der Waals surface area contributed by atoms with Gasteiger partial charge < -0.3 is 9.47 Å². The number of fused-ring (bicyclic) bond motifs is 7. The molecule has 0 amide bonds. The zero-order valence-corrected chi connectivity index (χ0v) is 18.4. The van der Waals surface area contributed by atoms with Crippen LogP contribution in [-0.2, 0) is 18.0 Å². The van der Waals surface area contributed by atoms with Crippen LogP contribution in [0.4, 0.5) is 5.69 Å². The molecule has 3 aromatic rings. The molecule has 2 atom stereocenters. The highest BCUT2D eigenvalue weighted by molar-refractivity contribution is 5.87. The summed E-state index contributed by atoms with van der Waals surface area (Å²) in [7, 11) is 2.20. The summed E-state index contributed by atoms with van der Waals surface area (Å²) in [6.07, 6.45) is 1.91. The molecule has 0 fully saturated rings. The van der Waals surface area contributed by atoms with Gasteiger partial charge in [-0.15, -0.1) is 0 Å². The van der Waals surface area contributed by atoms with Crippen LogP contribution in [0.5, 0.6) is 0 Å². The van der Waals surface area contributed by atoms with Crippen molar-refractivity contribution in [3.63, 3.8) is 0 Å². The molecule has 1 aromatic carbocycles. The molecule has 146 valence electrons. The van der Waals surface area contributed by atoms with E-state index in [2.05, 4.69) is 95.3 Å². The molecule has 3 heteroatoms. The third-order valence-electron chi connectivity index (χ3n) is 8.66. The first-order valence-corrected chi connectivity index (χ1v) is 10.4. The van der Waals surface area contributed by atoms with Gasteiger partial charge in [0.25, 0.3) is 0 Å². The molecule has 0 N–H and O–H groups in total. The summed E-state index contributed by atoms with van der Waals surface area (Å²) < 4.78 is 2.36. The second-order valence-corrected chi connectivity index (χ2v) is 10.0. The number of aryl methyl sites for hydroxylation is 2. The van der Waals surface area contributed by atoms with Gasteiger partial charge in [-0.25, -0.2) is 4.98 Å². The predicted molar refractivity (Wildman–Crippen MR) is 117 cm³/mol. The number of pyridine rings is 1. The minimum absolute atomic E-state index is 0.0163. The van der Waals surface area contributed by atoms with Crippen LogP contribution in [-0.4, -0.2) is 9.55 Å². The Morgan fingerprint density at radius 1 is 1.00 bits per heavy atom. The summed E-state index contributed by atoms with van der Waals surface area (Å²) >= 11 is 0. The molecular formula is C25H31N3. The van der Waals surface area contributed by atoms with Crippen LogP contribution in [0.1, 0.15) is 70.0 Å². The minimum Gasteiger partial charge on any atom is -0.353 e. The van der Waals surface area contributed by atoms with Crippen LogP contribution in [0, 0.1) is 12.3 Å². The first-order valence-electron chi connectivity index (χ1n) is 10.4. The highest BCUT2D eigenvalue weighted by atomic mass is 15.3. The fraction of sp³-hybridized carbons (Fsp3) is 0.480. The normalized spacial score (nSPS) is 26.9. The molecule has 3 nitrogen and oxygen atoms in total. The summed E-state index contributed by atoms with van der Waals surface area (Å²) in [4.78, 5) is 7.46. The van der Waals surface area contributed by atoms with Crippen LogP contribution in [0.25, 0.3) is 11.0 Å². The van der Waals surface area contributed by atoms with Gasteiger partial charge in [0.1, 0.15) is 5.65 Å². The maximum atomic E-state index is 4.74. The van der Waals surface area contributed by atoms with E-state index in [1.165, 1.54) is 33.5 Å². The molecule has 0 radical (unpaired) electrons. The third-order valence-corrected chi connectivity index (χ3v) is 8.66. The smallest absolute Gasteiger partial charge is 0.140 e. The quantitative estimate of drug-likeness (QED) is 0.482. The number of benzene rings is 1. The number of aromatic nitrogens is 2. The van der Waals surface area contributed by atoms with Crippen molar-refractivity contribution >= 4 is 16.7 Å². The number of hydrogen-bond acceptors (Lipinski definition) is 2. The van der Waals surface area contributed by atoms with Gasteiger partial charge in [-0.2, -0.15) is 0 Å². The first-order chi connectivity index (χ1) is 13.1. The van der Waals surface area contributed by atoms with Crippen LogP contribution in [0.15, 0.2) is 36.5 Å². The Kier molecular flexibility index (Phi) is 3.18. The number of nitrogens with zero attached hydrogens (tertiary/aromatic N) is 3. The van der Waals surface area contributed by atoms with Crippen molar-refractivity contribution in [3.05, 3.63) is 58.9 Å². The molecule has 0 saturated heterocycles. The predicted octanol–water partition coefficient (Wildman–Crippen LogP) is 6.00. The van der Waals surface area contributed by atoms with E-state index < -0.39 is 0 Å². The standard InChI is InChI=1S/C25H31N3/c1-15-11-9-13-18-20(15)28-16(2)19-17-12-10-14-26-22(17)27(8)21(19)25(28,7)24(5,6)23(18,3)4/h9-14,16H,1-8H3/t16-,25?/m0/s1. The molecular weight excluding hydrogens is 342 g/mol. The molecule has 4 heterocycles. The Morgan fingerprint density at radius 2 is 1.71 bits per heavy atom. The largest absolute Gasteiger partial charge is 0.353 e. The van der Waals surface area contributed by atoms with Gasteiger partial charge in [-0.1, -0.05) is 45.9 Å². The van der Waals surface area contributed by atoms with E-state index in [1.54, 1.807) is 0 Å². The van der Waals surface area contributed by atoms with E-state index in [4.69, 9.17) is 4.98 Å². The summed E-state index contributed by atoms with van der Waals surface area (Å²) in [5, 5.41) is 1.30. The average molecular weight is 374 g/mol. The van der Waals surface area contributed by atoms with Gasteiger partial charge in [0.2, 0.25) is 0 Å². The second-order valence-electron chi connectivity index (χ2n) is 10.0. The lowest BCUT2D eigenvalue weighted by atomic mass is 9.52. The Hall–Kier alpha value is -2.29. The van der Waals surface area contributed by atoms with Crippen LogP contribution < -0.4 is 4.90 Å². The molecule has 0 saturated carbocycles. The lowest BCUT2D eigenvalue weighted by Crippen LogP contribution is -2.62. The molecule has 0 bridgehead atoms. The fourth-order valence-corrected chi connectivity index (χ4v) is 6.37. The Bertz CT molecular complexity index is 1130. The molecule has 0 spiro atoms. The topological polar surface area (TPSA) is 21.1 Å². The highest BCUT2D eigenvalue weighted by Gasteiger charge is 2.65. The Morgan fingerprint density at radius 3 is 2.43 bits per heavy atom. The summed E-state index contributed by atoms with van der Waals surface area (Å²) in [5.74, 6) is 0.